The number of para-hydroxylation sites is 1. The molecule has 0 bridgehead atoms. The van der Waals surface area contributed by atoms with Gasteiger partial charge in [-0.15, -0.1) is 8.78 Å². The van der Waals surface area contributed by atoms with E-state index in [-0.39, 0.29) is 67.1 Å². The number of nitrogens with one attached hydrogen (secondary N) is 1. The molecule has 1 saturated heterocycles. The molecular weight excluding hydrogens is 693 g/mol. The van der Waals surface area contributed by atoms with Gasteiger partial charge in [-0.05, 0) is 36.2 Å². The summed E-state index contributed by atoms with van der Waals surface area (Å²) < 4.78 is 111. The lowest BCUT2D eigenvalue weighted by molar-refractivity contribution is -0.287. The number of nitrogens with zero attached hydrogens (tertiary/aromatic N) is 4. The summed E-state index contributed by atoms with van der Waals surface area (Å²) in [4.78, 5) is 31.5. The number of carbonyl (C=O) groups excluding carboxylic acids is 2. The maximum atomic E-state index is 14.1. The van der Waals surface area contributed by atoms with E-state index in [1.807, 2.05) is 6.07 Å². The number of alkyl halides is 5. The standard InChI is InChI=1S/C32H30F5N5O7S/c1-50(45,46)40-13-12-23(41(15-14-40)30(44)47-19-20-6-3-2-4-7-20)17-38-28(43)21-10-11-25-24(16-21)39-29(31(33,34)35)42(25)18-22-8-5-9-26-27(22)49-32(36,37)48-26/h2-11,16,23H,12-15,17-19H2,1H3,(H,38,43). The molecule has 266 valence electrons. The van der Waals surface area contributed by atoms with E-state index in [1.165, 1.54) is 39.5 Å². The number of rotatable bonds is 8. The Labute approximate surface area is 282 Å². The van der Waals surface area contributed by atoms with E-state index >= 15 is 0 Å². The number of hydrogen-bond donors (Lipinski definition) is 1. The third-order valence-corrected chi connectivity index (χ3v) is 9.56. The number of halogens is 5. The fraction of sp³-hybridized carbons (Fsp3) is 0.344. The molecule has 2 aliphatic heterocycles. The van der Waals surface area contributed by atoms with Crippen LogP contribution in [0.3, 0.4) is 0 Å². The van der Waals surface area contributed by atoms with Crippen LogP contribution in [-0.2, 0) is 34.1 Å². The Morgan fingerprint density at radius 1 is 1.02 bits per heavy atom. The van der Waals surface area contributed by atoms with Crippen LogP contribution in [0.1, 0.15) is 33.7 Å². The van der Waals surface area contributed by atoms with Gasteiger partial charge in [0.05, 0.1) is 29.9 Å². The summed E-state index contributed by atoms with van der Waals surface area (Å²) in [6, 6.07) is 15.8. The number of imidazole rings is 1. The molecule has 0 aliphatic carbocycles. The van der Waals surface area contributed by atoms with Crippen LogP contribution in [-0.4, -0.2) is 83.9 Å². The van der Waals surface area contributed by atoms with Crippen LogP contribution in [0.4, 0.5) is 26.7 Å². The van der Waals surface area contributed by atoms with Crippen LogP contribution in [0.25, 0.3) is 11.0 Å². The molecule has 0 saturated carbocycles. The van der Waals surface area contributed by atoms with Crippen LogP contribution in [0.2, 0.25) is 0 Å². The summed E-state index contributed by atoms with van der Waals surface area (Å²) in [5.41, 5.74) is 0.452. The van der Waals surface area contributed by atoms with Gasteiger partial charge in [-0.1, -0.05) is 42.5 Å². The Hall–Kier alpha value is -4.97. The van der Waals surface area contributed by atoms with Crippen molar-refractivity contribution >= 4 is 33.1 Å². The first-order valence-electron chi connectivity index (χ1n) is 15.2. The van der Waals surface area contributed by atoms with Crippen LogP contribution in [0.5, 0.6) is 11.5 Å². The highest BCUT2D eigenvalue weighted by Crippen LogP contribution is 2.44. The summed E-state index contributed by atoms with van der Waals surface area (Å²) in [6.07, 6.45) is -8.41. The van der Waals surface area contributed by atoms with Gasteiger partial charge in [-0.25, -0.2) is 22.5 Å². The van der Waals surface area contributed by atoms with Crippen molar-refractivity contribution in [3.05, 3.63) is 89.2 Å². The van der Waals surface area contributed by atoms with Gasteiger partial charge in [0.1, 0.15) is 6.61 Å². The molecule has 0 radical (unpaired) electrons. The number of amides is 2. The second-order valence-electron chi connectivity index (χ2n) is 11.7. The minimum Gasteiger partial charge on any atom is -0.445 e. The van der Waals surface area contributed by atoms with Crippen molar-refractivity contribution < 1.29 is 54.2 Å². The van der Waals surface area contributed by atoms with Gasteiger partial charge < -0.3 is 29.0 Å². The van der Waals surface area contributed by atoms with E-state index in [2.05, 4.69) is 19.8 Å². The molecule has 3 aromatic carbocycles. The molecule has 50 heavy (non-hydrogen) atoms. The largest absolute Gasteiger partial charge is 0.586 e. The molecule has 6 rings (SSSR count). The second-order valence-corrected chi connectivity index (χ2v) is 13.7. The van der Waals surface area contributed by atoms with Crippen molar-refractivity contribution in [2.75, 3.05) is 32.4 Å². The molecule has 18 heteroatoms. The van der Waals surface area contributed by atoms with Gasteiger partial charge in [0.2, 0.25) is 15.8 Å². The van der Waals surface area contributed by atoms with Gasteiger partial charge in [-0.2, -0.15) is 13.2 Å². The predicted octanol–water partition coefficient (Wildman–Crippen LogP) is 4.83. The van der Waals surface area contributed by atoms with E-state index in [0.717, 1.165) is 22.5 Å². The molecular formula is C32H30F5N5O7S. The SMILES string of the molecule is CS(=O)(=O)N1CCC(CNC(=O)c2ccc3c(c2)nc(C(F)(F)F)n3Cc2cccc3c2OC(F)(F)O3)N(C(=O)OCc2ccccc2)CC1. The normalized spacial score (nSPS) is 17.8. The van der Waals surface area contributed by atoms with Crippen LogP contribution in [0, 0.1) is 0 Å². The van der Waals surface area contributed by atoms with Crippen molar-refractivity contribution in [3.8, 4) is 11.5 Å². The van der Waals surface area contributed by atoms with E-state index in [4.69, 9.17) is 4.74 Å². The Morgan fingerprint density at radius 2 is 1.78 bits per heavy atom. The predicted molar refractivity (Wildman–Crippen MR) is 167 cm³/mol. The number of aromatic nitrogens is 2. The summed E-state index contributed by atoms with van der Waals surface area (Å²) >= 11 is 0. The van der Waals surface area contributed by atoms with Crippen LogP contribution >= 0.6 is 0 Å². The summed E-state index contributed by atoms with van der Waals surface area (Å²) in [6.45, 7) is -0.629. The van der Waals surface area contributed by atoms with Gasteiger partial charge >= 0.3 is 18.6 Å². The molecule has 4 aromatic rings. The van der Waals surface area contributed by atoms with Crippen molar-refractivity contribution in [2.45, 2.75) is 38.1 Å². The molecule has 1 aromatic heterocycles. The zero-order valence-electron chi connectivity index (χ0n) is 26.3. The molecule has 1 unspecified atom stereocenters. The van der Waals surface area contributed by atoms with Crippen molar-refractivity contribution in [3.63, 3.8) is 0 Å². The lowest BCUT2D eigenvalue weighted by atomic mass is 10.1. The quantitative estimate of drug-likeness (QED) is 0.256. The average molecular weight is 724 g/mol. The van der Waals surface area contributed by atoms with Gasteiger partial charge in [0.25, 0.3) is 5.91 Å². The summed E-state index contributed by atoms with van der Waals surface area (Å²) in [7, 11) is -3.58. The summed E-state index contributed by atoms with van der Waals surface area (Å²) in [5, 5.41) is 2.69. The van der Waals surface area contributed by atoms with E-state index in [1.54, 1.807) is 24.3 Å². The van der Waals surface area contributed by atoms with Crippen molar-refractivity contribution in [1.29, 1.82) is 0 Å². The topological polar surface area (TPSA) is 132 Å². The number of carbonyl (C=O) groups is 2. The molecule has 0 spiro atoms. The Morgan fingerprint density at radius 3 is 2.50 bits per heavy atom. The number of ether oxygens (including phenoxy) is 3. The van der Waals surface area contributed by atoms with E-state index < -0.39 is 58.7 Å². The first kappa shape index (κ1) is 34.9. The maximum absolute atomic E-state index is 14.1. The highest BCUT2D eigenvalue weighted by molar-refractivity contribution is 7.88. The number of hydrogen-bond acceptors (Lipinski definition) is 8. The fourth-order valence-corrected chi connectivity index (χ4v) is 6.68. The molecule has 12 nitrogen and oxygen atoms in total. The third kappa shape index (κ3) is 7.60. The maximum Gasteiger partial charge on any atom is 0.586 e. The first-order chi connectivity index (χ1) is 23.6. The minimum atomic E-state index is -4.95. The van der Waals surface area contributed by atoms with E-state index in [9.17, 15) is 40.0 Å². The van der Waals surface area contributed by atoms with Crippen molar-refractivity contribution in [1.82, 2.24) is 24.1 Å². The lowest BCUT2D eigenvalue weighted by Gasteiger charge is -2.29. The van der Waals surface area contributed by atoms with E-state index in [0.29, 0.717) is 0 Å². The van der Waals surface area contributed by atoms with Gasteiger partial charge in [0, 0.05) is 37.3 Å². The average Bonchev–Trinajstić information content (AvgIpc) is 3.49. The highest BCUT2D eigenvalue weighted by atomic mass is 32.2. The monoisotopic (exact) mass is 723 g/mol. The Balaban J connectivity index is 1.21. The third-order valence-electron chi connectivity index (χ3n) is 8.25. The lowest BCUT2D eigenvalue weighted by Crippen LogP contribution is -2.47. The van der Waals surface area contributed by atoms with Gasteiger partial charge in [-0.3, -0.25) is 4.79 Å². The van der Waals surface area contributed by atoms with Crippen LogP contribution in [0.15, 0.2) is 66.7 Å². The second kappa shape index (κ2) is 13.4. The summed E-state index contributed by atoms with van der Waals surface area (Å²) in [5.74, 6) is -2.75. The number of fused-ring (bicyclic) bond motifs is 2. The molecule has 2 amide bonds. The van der Waals surface area contributed by atoms with Crippen molar-refractivity contribution in [2.24, 2.45) is 0 Å². The molecule has 2 aliphatic rings. The van der Waals surface area contributed by atoms with Crippen LogP contribution < -0.4 is 14.8 Å². The zero-order chi connectivity index (χ0) is 35.8. The Bertz CT molecular complexity index is 2020. The minimum absolute atomic E-state index is 0.00965. The smallest absolute Gasteiger partial charge is 0.445 e. The molecule has 1 fully saturated rings. The fourth-order valence-electron chi connectivity index (χ4n) is 5.83. The Kier molecular flexibility index (Phi) is 9.34. The number of sulfonamides is 1. The molecule has 3 heterocycles. The van der Waals surface area contributed by atoms with Gasteiger partial charge in [0.15, 0.2) is 11.5 Å². The highest BCUT2D eigenvalue weighted by Gasteiger charge is 2.45. The number of benzene rings is 3. The molecule has 1 atom stereocenters. The molecule has 1 N–H and O–H groups in total. The first-order valence-corrected chi connectivity index (χ1v) is 17.1. The zero-order valence-corrected chi connectivity index (χ0v) is 27.1.